The average Bonchev–Trinajstić information content (AvgIpc) is 3.46. The third kappa shape index (κ3) is 4.22. The van der Waals surface area contributed by atoms with Gasteiger partial charge in [-0.2, -0.15) is 10.2 Å². The first-order chi connectivity index (χ1) is 14.9. The quantitative estimate of drug-likeness (QED) is 0.649. The second kappa shape index (κ2) is 7.96. The number of hydrogen-bond donors (Lipinski definition) is 2. The van der Waals surface area contributed by atoms with E-state index in [4.69, 9.17) is 11.6 Å². The lowest BCUT2D eigenvalue weighted by Crippen LogP contribution is -2.55. The molecule has 2 saturated heterocycles. The number of halogens is 1. The zero-order chi connectivity index (χ0) is 21.6. The van der Waals surface area contributed by atoms with Crippen molar-refractivity contribution in [2.45, 2.75) is 75.9 Å². The minimum absolute atomic E-state index is 0.175. The molecule has 2 atom stereocenters. The van der Waals surface area contributed by atoms with Gasteiger partial charge in [0.2, 0.25) is 5.95 Å². The number of aromatic nitrogens is 2. The molecule has 1 saturated carbocycles. The first-order valence-corrected chi connectivity index (χ1v) is 11.7. The van der Waals surface area contributed by atoms with Crippen LogP contribution in [0.5, 0.6) is 0 Å². The van der Waals surface area contributed by atoms with Crippen LogP contribution in [0.1, 0.15) is 69.4 Å². The molecule has 6 nitrogen and oxygen atoms in total. The van der Waals surface area contributed by atoms with Crippen LogP contribution < -0.4 is 10.6 Å². The predicted octanol–water partition coefficient (Wildman–Crippen LogP) is 5.44. The lowest BCUT2D eigenvalue weighted by molar-refractivity contribution is 0.0501. The Morgan fingerprint density at radius 2 is 2.10 bits per heavy atom. The number of anilines is 3. The molecule has 0 bridgehead atoms. The van der Waals surface area contributed by atoms with E-state index in [2.05, 4.69) is 45.4 Å². The van der Waals surface area contributed by atoms with Gasteiger partial charge in [0, 0.05) is 23.3 Å². The molecule has 0 amide bonds. The number of fused-ring (bicyclic) bond motifs is 1. The summed E-state index contributed by atoms with van der Waals surface area (Å²) in [7, 11) is 0. The van der Waals surface area contributed by atoms with E-state index in [1.54, 1.807) is 6.20 Å². The molecule has 5 rings (SSSR count). The van der Waals surface area contributed by atoms with E-state index >= 15 is 0 Å². The Morgan fingerprint density at radius 3 is 2.87 bits per heavy atom. The molecule has 3 aliphatic rings. The van der Waals surface area contributed by atoms with Crippen molar-refractivity contribution in [3.8, 4) is 6.07 Å². The van der Waals surface area contributed by atoms with Crippen molar-refractivity contribution in [1.29, 1.82) is 5.26 Å². The summed E-state index contributed by atoms with van der Waals surface area (Å²) in [5, 5.41) is 16.9. The molecule has 2 aliphatic heterocycles. The third-order valence-electron chi connectivity index (χ3n) is 6.99. The molecule has 1 aliphatic carbocycles. The Morgan fingerprint density at radius 1 is 1.26 bits per heavy atom. The van der Waals surface area contributed by atoms with E-state index < -0.39 is 0 Å². The third-order valence-corrected chi connectivity index (χ3v) is 7.27. The van der Waals surface area contributed by atoms with E-state index in [0.29, 0.717) is 34.8 Å². The summed E-state index contributed by atoms with van der Waals surface area (Å²) in [5.41, 5.74) is 2.86. The second-order valence-corrected chi connectivity index (χ2v) is 10.2. The maximum Gasteiger partial charge on any atom is 0.229 e. The summed E-state index contributed by atoms with van der Waals surface area (Å²) in [6.45, 7) is 5.88. The number of hydrogen-bond acceptors (Lipinski definition) is 6. The molecule has 1 aromatic carbocycles. The van der Waals surface area contributed by atoms with Crippen molar-refractivity contribution in [2.75, 3.05) is 17.2 Å². The number of piperidine rings is 1. The van der Waals surface area contributed by atoms with Gasteiger partial charge >= 0.3 is 0 Å². The van der Waals surface area contributed by atoms with Crippen molar-refractivity contribution in [2.24, 2.45) is 0 Å². The fourth-order valence-corrected chi connectivity index (χ4v) is 5.60. The largest absolute Gasteiger partial charge is 0.366 e. The Hall–Kier alpha value is -2.36. The summed E-state index contributed by atoms with van der Waals surface area (Å²) in [4.78, 5) is 11.7. The molecular weight excluding hydrogens is 408 g/mol. The zero-order valence-electron chi connectivity index (χ0n) is 18.2. The number of rotatable bonds is 5. The topological polar surface area (TPSA) is 76.9 Å². The molecule has 3 fully saturated rings. The van der Waals surface area contributed by atoms with Crippen molar-refractivity contribution in [1.82, 2.24) is 14.9 Å². The van der Waals surface area contributed by atoms with Gasteiger partial charge in [0.1, 0.15) is 5.02 Å². The molecule has 0 spiro atoms. The van der Waals surface area contributed by atoms with Crippen LogP contribution in [0.3, 0.4) is 0 Å². The monoisotopic (exact) mass is 436 g/mol. The van der Waals surface area contributed by atoms with Gasteiger partial charge in [0.25, 0.3) is 0 Å². The normalized spacial score (nSPS) is 25.0. The van der Waals surface area contributed by atoms with E-state index in [1.807, 2.05) is 18.2 Å². The molecule has 162 valence electrons. The fraction of sp³-hybridized carbons (Fsp3) is 0.542. The minimum atomic E-state index is 0.175. The number of benzene rings is 1. The lowest BCUT2D eigenvalue weighted by Gasteiger charge is -2.47. The van der Waals surface area contributed by atoms with Gasteiger partial charge in [-0.05, 0) is 82.5 Å². The van der Waals surface area contributed by atoms with Crippen molar-refractivity contribution in [3.63, 3.8) is 0 Å². The van der Waals surface area contributed by atoms with E-state index in [-0.39, 0.29) is 5.54 Å². The van der Waals surface area contributed by atoms with Gasteiger partial charge < -0.3 is 10.6 Å². The van der Waals surface area contributed by atoms with E-state index in [0.717, 1.165) is 29.7 Å². The van der Waals surface area contributed by atoms with Gasteiger partial charge in [0.15, 0.2) is 5.82 Å². The van der Waals surface area contributed by atoms with Gasteiger partial charge in [-0.15, -0.1) is 0 Å². The lowest BCUT2D eigenvalue weighted by atomic mass is 9.84. The van der Waals surface area contributed by atoms with Gasteiger partial charge in [-0.1, -0.05) is 17.7 Å². The molecule has 7 heteroatoms. The van der Waals surface area contributed by atoms with Gasteiger partial charge in [-0.25, -0.2) is 4.98 Å². The standard InChI is InChI=1S/C24H29ClN6/c1-24(2)12-18(11-19-4-3-9-31(19)24)28-22-21(25)14-27-23(30-22)29-17-7-8-20(15-5-6-15)16(10-17)13-26/h7-8,10,14-15,18-19H,3-6,9,11-12H2,1-2H3,(H2,27,28,29,30). The summed E-state index contributed by atoms with van der Waals surface area (Å²) in [5.74, 6) is 1.69. The molecule has 1 aromatic heterocycles. The first kappa shape index (κ1) is 20.5. The van der Waals surface area contributed by atoms with Crippen LogP contribution in [-0.4, -0.2) is 39.0 Å². The smallest absolute Gasteiger partial charge is 0.229 e. The molecular formula is C24H29ClN6. The highest BCUT2D eigenvalue weighted by Gasteiger charge is 2.43. The molecule has 3 heterocycles. The highest BCUT2D eigenvalue weighted by atomic mass is 35.5. The number of nitrogens with one attached hydrogen (secondary N) is 2. The zero-order valence-corrected chi connectivity index (χ0v) is 18.9. The van der Waals surface area contributed by atoms with Crippen LogP contribution in [-0.2, 0) is 0 Å². The predicted molar refractivity (Wildman–Crippen MR) is 124 cm³/mol. The van der Waals surface area contributed by atoms with Crippen LogP contribution in [0.2, 0.25) is 5.02 Å². The highest BCUT2D eigenvalue weighted by molar-refractivity contribution is 6.32. The molecule has 31 heavy (non-hydrogen) atoms. The molecule has 2 N–H and O–H groups in total. The maximum absolute atomic E-state index is 9.52. The first-order valence-electron chi connectivity index (χ1n) is 11.3. The Kier molecular flexibility index (Phi) is 5.27. The molecule has 2 aromatic rings. The molecule has 2 unspecified atom stereocenters. The SMILES string of the molecule is CC1(C)CC(Nc2nc(Nc3ccc(C4CC4)c(C#N)c3)ncc2Cl)CC2CCCN21. The minimum Gasteiger partial charge on any atom is -0.366 e. The van der Waals surface area contributed by atoms with Gasteiger partial charge in [-0.3, -0.25) is 4.90 Å². The van der Waals surface area contributed by atoms with Crippen molar-refractivity contribution >= 4 is 29.1 Å². The highest BCUT2D eigenvalue weighted by Crippen LogP contribution is 2.42. The molecule has 0 radical (unpaired) electrons. The average molecular weight is 437 g/mol. The fourth-order valence-electron chi connectivity index (χ4n) is 5.45. The Bertz CT molecular complexity index is 1030. The summed E-state index contributed by atoms with van der Waals surface area (Å²) in [6.07, 6.45) is 8.71. The van der Waals surface area contributed by atoms with Crippen LogP contribution in [0.25, 0.3) is 0 Å². The van der Waals surface area contributed by atoms with Crippen molar-refractivity contribution < 1.29 is 0 Å². The van der Waals surface area contributed by atoms with Crippen LogP contribution >= 0.6 is 11.6 Å². The maximum atomic E-state index is 9.52. The van der Waals surface area contributed by atoms with E-state index in [1.165, 1.54) is 32.2 Å². The van der Waals surface area contributed by atoms with Crippen LogP contribution in [0, 0.1) is 11.3 Å². The van der Waals surface area contributed by atoms with Crippen LogP contribution in [0.4, 0.5) is 17.5 Å². The van der Waals surface area contributed by atoms with Gasteiger partial charge in [0.05, 0.1) is 17.8 Å². The Balaban J connectivity index is 1.32. The Labute approximate surface area is 189 Å². The van der Waals surface area contributed by atoms with Crippen LogP contribution in [0.15, 0.2) is 24.4 Å². The van der Waals surface area contributed by atoms with E-state index in [9.17, 15) is 5.26 Å². The second-order valence-electron chi connectivity index (χ2n) is 9.79. The number of nitriles is 1. The summed E-state index contributed by atoms with van der Waals surface area (Å²) < 4.78 is 0. The van der Waals surface area contributed by atoms with Crippen molar-refractivity contribution in [3.05, 3.63) is 40.5 Å². The number of nitrogens with zero attached hydrogens (tertiary/aromatic N) is 4. The summed E-state index contributed by atoms with van der Waals surface area (Å²) >= 11 is 6.44. The summed E-state index contributed by atoms with van der Waals surface area (Å²) in [6, 6.07) is 9.22.